The summed E-state index contributed by atoms with van der Waals surface area (Å²) in [5.74, 6) is 1.15. The number of benzene rings is 2. The molecule has 0 aliphatic carbocycles. The smallest absolute Gasteiger partial charge is 0.221 e. The Morgan fingerprint density at radius 3 is 2.52 bits per heavy atom. The third-order valence-corrected chi connectivity index (χ3v) is 6.77. The zero-order valence-electron chi connectivity index (χ0n) is 18.9. The van der Waals surface area contributed by atoms with E-state index in [1.54, 1.807) is 12.1 Å². The maximum atomic E-state index is 13.5. The Labute approximate surface area is 198 Å². The van der Waals surface area contributed by atoms with Gasteiger partial charge in [0.15, 0.2) is 11.0 Å². The van der Waals surface area contributed by atoms with Gasteiger partial charge in [0.25, 0.3) is 0 Å². The van der Waals surface area contributed by atoms with Gasteiger partial charge in [0.05, 0.1) is 12.6 Å². The summed E-state index contributed by atoms with van der Waals surface area (Å²) in [7, 11) is 0. The van der Waals surface area contributed by atoms with Crippen molar-refractivity contribution in [2.24, 2.45) is 0 Å². The summed E-state index contributed by atoms with van der Waals surface area (Å²) in [5.41, 5.74) is 1.91. The quantitative estimate of drug-likeness (QED) is 0.460. The standard InChI is InChI=1S/C25H30FN5OS/c1-19(20-8-4-2-5-9-20)27-24(32)14-17-33-25-29-28-23(18-30-15-6-3-7-16-30)31(25)22-12-10-21(26)11-13-22/h2,4-5,8-13,19H,3,6-7,14-18H2,1H3,(H,27,32)/t19-/m0/s1. The Morgan fingerprint density at radius 1 is 1.06 bits per heavy atom. The summed E-state index contributed by atoms with van der Waals surface area (Å²) in [6, 6.07) is 16.3. The maximum absolute atomic E-state index is 13.5. The number of carbonyl (C=O) groups is 1. The normalized spacial score (nSPS) is 15.3. The molecule has 174 valence electrons. The van der Waals surface area contributed by atoms with Gasteiger partial charge >= 0.3 is 0 Å². The van der Waals surface area contributed by atoms with Crippen molar-refractivity contribution in [3.05, 3.63) is 71.8 Å². The molecule has 1 fully saturated rings. The minimum atomic E-state index is -0.275. The fraction of sp³-hybridized carbons (Fsp3) is 0.400. The molecule has 0 saturated carbocycles. The molecule has 0 radical (unpaired) electrons. The number of aromatic nitrogens is 3. The fourth-order valence-corrected chi connectivity index (χ4v) is 4.95. The van der Waals surface area contributed by atoms with E-state index in [9.17, 15) is 9.18 Å². The molecule has 6 nitrogen and oxygen atoms in total. The lowest BCUT2D eigenvalue weighted by molar-refractivity contribution is -0.121. The molecule has 4 rings (SSSR count). The lowest BCUT2D eigenvalue weighted by atomic mass is 10.1. The van der Waals surface area contributed by atoms with E-state index in [0.29, 0.717) is 18.7 Å². The molecule has 1 amide bonds. The van der Waals surface area contributed by atoms with Crippen LogP contribution in [-0.2, 0) is 11.3 Å². The Hall–Kier alpha value is -2.71. The number of rotatable bonds is 9. The number of thioether (sulfide) groups is 1. The number of carbonyl (C=O) groups excluding carboxylic acids is 1. The van der Waals surface area contributed by atoms with Crippen LogP contribution < -0.4 is 5.32 Å². The largest absolute Gasteiger partial charge is 0.350 e. The van der Waals surface area contributed by atoms with E-state index >= 15 is 0 Å². The van der Waals surface area contributed by atoms with Gasteiger partial charge in [-0.05, 0) is 62.7 Å². The molecule has 0 unspecified atom stereocenters. The lowest BCUT2D eigenvalue weighted by Crippen LogP contribution is -2.30. The van der Waals surface area contributed by atoms with Gasteiger partial charge < -0.3 is 5.32 Å². The summed E-state index contributed by atoms with van der Waals surface area (Å²) >= 11 is 1.50. The van der Waals surface area contributed by atoms with Gasteiger partial charge in [-0.25, -0.2) is 4.39 Å². The predicted molar refractivity (Wildman–Crippen MR) is 129 cm³/mol. The van der Waals surface area contributed by atoms with E-state index in [0.717, 1.165) is 35.3 Å². The van der Waals surface area contributed by atoms with Gasteiger partial charge in [-0.3, -0.25) is 14.3 Å². The molecular formula is C25H30FN5OS. The molecule has 1 aliphatic heterocycles. The van der Waals surface area contributed by atoms with Gasteiger partial charge in [0, 0.05) is 17.9 Å². The van der Waals surface area contributed by atoms with Gasteiger partial charge in [0.2, 0.25) is 5.91 Å². The molecule has 1 aromatic heterocycles. The number of amides is 1. The first-order valence-electron chi connectivity index (χ1n) is 11.5. The summed E-state index contributed by atoms with van der Waals surface area (Å²) in [5, 5.41) is 12.6. The van der Waals surface area contributed by atoms with E-state index in [1.165, 1.54) is 43.2 Å². The second-order valence-electron chi connectivity index (χ2n) is 8.35. The maximum Gasteiger partial charge on any atom is 0.221 e. The van der Waals surface area contributed by atoms with Gasteiger partial charge in [-0.2, -0.15) is 0 Å². The lowest BCUT2D eigenvalue weighted by Gasteiger charge is -2.26. The van der Waals surface area contributed by atoms with Gasteiger partial charge in [-0.1, -0.05) is 48.5 Å². The van der Waals surface area contributed by atoms with Crippen LogP contribution in [0.1, 0.15) is 50.0 Å². The van der Waals surface area contributed by atoms with Crippen LogP contribution in [0.3, 0.4) is 0 Å². The van der Waals surface area contributed by atoms with Crippen molar-refractivity contribution in [2.75, 3.05) is 18.8 Å². The van der Waals surface area contributed by atoms with E-state index in [-0.39, 0.29) is 17.8 Å². The Bertz CT molecular complexity index is 1030. The van der Waals surface area contributed by atoms with Gasteiger partial charge in [0.1, 0.15) is 5.82 Å². The highest BCUT2D eigenvalue weighted by molar-refractivity contribution is 7.99. The average Bonchev–Trinajstić information content (AvgIpc) is 3.23. The Kier molecular flexibility index (Phi) is 8.12. The van der Waals surface area contributed by atoms with Crippen molar-refractivity contribution >= 4 is 17.7 Å². The number of nitrogens with zero attached hydrogens (tertiary/aromatic N) is 4. The molecule has 0 bridgehead atoms. The highest BCUT2D eigenvalue weighted by Gasteiger charge is 2.19. The third kappa shape index (κ3) is 6.42. The molecule has 3 aromatic rings. The van der Waals surface area contributed by atoms with Crippen LogP contribution in [-0.4, -0.2) is 44.4 Å². The molecular weight excluding hydrogens is 437 g/mol. The van der Waals surface area contributed by atoms with Crippen molar-refractivity contribution in [3.8, 4) is 5.69 Å². The molecule has 33 heavy (non-hydrogen) atoms. The third-order valence-electron chi connectivity index (χ3n) is 5.84. The van der Waals surface area contributed by atoms with Crippen LogP contribution >= 0.6 is 11.8 Å². The molecule has 2 aromatic carbocycles. The van der Waals surface area contributed by atoms with Crippen LogP contribution in [0, 0.1) is 5.82 Å². The second-order valence-corrected chi connectivity index (χ2v) is 9.41. The van der Waals surface area contributed by atoms with Crippen LogP contribution in [0.2, 0.25) is 0 Å². The van der Waals surface area contributed by atoms with E-state index in [1.807, 2.05) is 41.8 Å². The first-order valence-corrected chi connectivity index (χ1v) is 12.5. The SMILES string of the molecule is C[C@H](NC(=O)CCSc1nnc(CN2CCCCC2)n1-c1ccc(F)cc1)c1ccccc1. The van der Waals surface area contributed by atoms with Crippen molar-refractivity contribution in [3.63, 3.8) is 0 Å². The number of hydrogen-bond acceptors (Lipinski definition) is 5. The first kappa shape index (κ1) is 23.4. The molecule has 1 atom stereocenters. The summed E-state index contributed by atoms with van der Waals surface area (Å²) in [4.78, 5) is 14.9. The topological polar surface area (TPSA) is 63.1 Å². The van der Waals surface area contributed by atoms with Crippen molar-refractivity contribution in [1.82, 2.24) is 25.0 Å². The number of piperidine rings is 1. The number of hydrogen-bond donors (Lipinski definition) is 1. The molecule has 0 spiro atoms. The van der Waals surface area contributed by atoms with E-state index in [4.69, 9.17) is 0 Å². The van der Waals surface area contributed by atoms with E-state index in [2.05, 4.69) is 20.4 Å². The molecule has 1 N–H and O–H groups in total. The second kappa shape index (κ2) is 11.4. The fourth-order valence-electron chi connectivity index (χ4n) is 4.04. The van der Waals surface area contributed by atoms with Crippen molar-refractivity contribution < 1.29 is 9.18 Å². The molecule has 2 heterocycles. The summed E-state index contributed by atoms with van der Waals surface area (Å²) in [6.07, 6.45) is 4.04. The van der Waals surface area contributed by atoms with Crippen LogP contribution in [0.4, 0.5) is 4.39 Å². The van der Waals surface area contributed by atoms with E-state index < -0.39 is 0 Å². The van der Waals surface area contributed by atoms with Crippen LogP contribution in [0.5, 0.6) is 0 Å². The minimum Gasteiger partial charge on any atom is -0.350 e. The predicted octanol–water partition coefficient (Wildman–Crippen LogP) is 4.75. The number of halogens is 1. The molecule has 1 saturated heterocycles. The summed E-state index contributed by atoms with van der Waals surface area (Å²) in [6.45, 7) is 4.80. The Morgan fingerprint density at radius 2 is 1.79 bits per heavy atom. The monoisotopic (exact) mass is 467 g/mol. The highest BCUT2D eigenvalue weighted by Crippen LogP contribution is 2.24. The highest BCUT2D eigenvalue weighted by atomic mass is 32.2. The number of nitrogens with one attached hydrogen (secondary N) is 1. The molecule has 1 aliphatic rings. The zero-order chi connectivity index (χ0) is 23.0. The van der Waals surface area contributed by atoms with Crippen LogP contribution in [0.25, 0.3) is 5.69 Å². The summed E-state index contributed by atoms with van der Waals surface area (Å²) < 4.78 is 15.5. The van der Waals surface area contributed by atoms with Crippen molar-refractivity contribution in [2.45, 2.75) is 50.4 Å². The van der Waals surface area contributed by atoms with Crippen molar-refractivity contribution in [1.29, 1.82) is 0 Å². The minimum absolute atomic E-state index is 0.000223. The first-order chi connectivity index (χ1) is 16.1. The number of likely N-dealkylation sites (tertiary alicyclic amines) is 1. The zero-order valence-corrected chi connectivity index (χ0v) is 19.7. The molecule has 8 heteroatoms. The van der Waals surface area contributed by atoms with Crippen LogP contribution in [0.15, 0.2) is 59.8 Å². The van der Waals surface area contributed by atoms with Gasteiger partial charge in [-0.15, -0.1) is 10.2 Å². The Balaban J connectivity index is 1.41. The average molecular weight is 468 g/mol.